The van der Waals surface area contributed by atoms with Crippen LogP contribution in [0.5, 0.6) is 0 Å². The Morgan fingerprint density at radius 3 is 2.33 bits per heavy atom. The lowest BCUT2D eigenvalue weighted by atomic mass is 9.95. The molecule has 0 saturated carbocycles. The van der Waals surface area contributed by atoms with E-state index in [-0.39, 0.29) is 11.6 Å². The van der Waals surface area contributed by atoms with Crippen molar-refractivity contribution in [2.24, 2.45) is 5.92 Å². The van der Waals surface area contributed by atoms with E-state index in [1.807, 2.05) is 12.1 Å². The molecule has 0 amide bonds. The van der Waals surface area contributed by atoms with Gasteiger partial charge in [-0.2, -0.15) is 0 Å². The topological polar surface area (TPSA) is 40.6 Å². The van der Waals surface area contributed by atoms with Gasteiger partial charge in [-0.15, -0.1) is 0 Å². The number of carbonyl (C=O) groups is 2. The summed E-state index contributed by atoms with van der Waals surface area (Å²) in [5.74, 6) is 5.01. The van der Waals surface area contributed by atoms with E-state index in [0.29, 0.717) is 11.1 Å². The van der Waals surface area contributed by atoms with Crippen LogP contribution in [0.1, 0.15) is 47.4 Å². The van der Waals surface area contributed by atoms with Crippen molar-refractivity contribution in [3.63, 3.8) is 0 Å². The van der Waals surface area contributed by atoms with Gasteiger partial charge < -0.3 is 4.90 Å². The molecule has 0 bridgehead atoms. The molecule has 1 heterocycles. The number of carbonyl (C=O) groups excluding carboxylic acids is 2. The molecule has 0 atom stereocenters. The van der Waals surface area contributed by atoms with Crippen LogP contribution in [0.4, 0.5) is 5.69 Å². The number of nitrogens with zero attached hydrogens (tertiary/aromatic N) is 2. The molecule has 0 unspecified atom stereocenters. The first kappa shape index (κ1) is 16.7. The largest absolute Gasteiger partial charge is 0.369 e. The number of hydrogen-bond acceptors (Lipinski definition) is 4. The van der Waals surface area contributed by atoms with Crippen molar-refractivity contribution in [2.45, 2.75) is 26.7 Å². The van der Waals surface area contributed by atoms with E-state index in [9.17, 15) is 9.59 Å². The van der Waals surface area contributed by atoms with Crippen molar-refractivity contribution in [3.05, 3.63) is 29.3 Å². The molecule has 4 nitrogen and oxygen atoms in total. The Balaban J connectivity index is 1.61. The van der Waals surface area contributed by atoms with Gasteiger partial charge in [0.25, 0.3) is 0 Å². The Morgan fingerprint density at radius 2 is 1.67 bits per heavy atom. The second-order valence-electron chi connectivity index (χ2n) is 7.00. The predicted molar refractivity (Wildman–Crippen MR) is 95.6 cm³/mol. The summed E-state index contributed by atoms with van der Waals surface area (Å²) in [6.45, 7) is 9.69. The van der Waals surface area contributed by atoms with E-state index in [1.165, 1.54) is 19.4 Å². The third-order valence-corrected chi connectivity index (χ3v) is 4.78. The predicted octanol–water partition coefficient (Wildman–Crippen LogP) is 2.63. The highest BCUT2D eigenvalue weighted by atomic mass is 16.1. The first-order valence-corrected chi connectivity index (χ1v) is 8.76. The molecule has 4 heteroatoms. The van der Waals surface area contributed by atoms with Gasteiger partial charge in [0.05, 0.1) is 0 Å². The molecule has 0 radical (unpaired) electrons. The van der Waals surface area contributed by atoms with Crippen LogP contribution in [0, 0.1) is 17.8 Å². The van der Waals surface area contributed by atoms with Crippen molar-refractivity contribution in [3.8, 4) is 11.8 Å². The molecule has 1 aliphatic heterocycles. The van der Waals surface area contributed by atoms with Crippen LogP contribution < -0.4 is 4.90 Å². The van der Waals surface area contributed by atoms with E-state index in [1.54, 1.807) is 6.07 Å². The van der Waals surface area contributed by atoms with Crippen LogP contribution in [0.3, 0.4) is 0 Å². The number of Topliss-reactive ketones (excluding diaryl/α,β-unsaturated/α-hetero) is 2. The Bertz CT molecular complexity index is 704. The molecule has 2 aliphatic rings. The van der Waals surface area contributed by atoms with Crippen LogP contribution >= 0.6 is 0 Å². The highest BCUT2D eigenvalue weighted by Gasteiger charge is 2.22. The molecule has 0 aromatic heterocycles. The van der Waals surface area contributed by atoms with Crippen molar-refractivity contribution >= 4 is 17.3 Å². The van der Waals surface area contributed by atoms with Crippen LogP contribution in [0.15, 0.2) is 18.2 Å². The number of anilines is 1. The van der Waals surface area contributed by atoms with Gasteiger partial charge in [-0.1, -0.05) is 13.8 Å². The van der Waals surface area contributed by atoms with Crippen molar-refractivity contribution in [1.82, 2.24) is 4.90 Å². The average Bonchev–Trinajstić information content (AvgIpc) is 2.58. The molecule has 24 heavy (non-hydrogen) atoms. The standard InChI is InChI=1S/C20H24N2O2/c1-15(2)4-3-9-21-10-12-22(13-11-21)16-5-6-17-18(14-16)20(24)8-7-19(17)23/h5-6,14-15H,3-4,9-13H2,1-2H3. The lowest BCUT2D eigenvalue weighted by molar-refractivity contribution is 0.101. The molecule has 3 rings (SSSR count). The summed E-state index contributed by atoms with van der Waals surface area (Å²) in [6.07, 6.45) is 2.54. The van der Waals surface area contributed by atoms with Gasteiger partial charge in [0, 0.05) is 43.0 Å². The molecule has 0 N–H and O–H groups in total. The van der Waals surface area contributed by atoms with Gasteiger partial charge in [0.1, 0.15) is 0 Å². The Kier molecular flexibility index (Phi) is 5.01. The average molecular weight is 324 g/mol. The minimum Gasteiger partial charge on any atom is -0.369 e. The third-order valence-electron chi connectivity index (χ3n) is 4.78. The minimum absolute atomic E-state index is 0.251. The lowest BCUT2D eigenvalue weighted by Crippen LogP contribution is -2.46. The van der Waals surface area contributed by atoms with Crippen LogP contribution in [-0.4, -0.2) is 49.2 Å². The van der Waals surface area contributed by atoms with Crippen LogP contribution in [0.25, 0.3) is 0 Å². The van der Waals surface area contributed by atoms with Gasteiger partial charge >= 0.3 is 0 Å². The zero-order valence-electron chi connectivity index (χ0n) is 14.5. The summed E-state index contributed by atoms with van der Waals surface area (Å²) in [7, 11) is 0. The number of hydrogen-bond donors (Lipinski definition) is 0. The maximum Gasteiger partial charge on any atom is 0.237 e. The maximum atomic E-state index is 11.9. The van der Waals surface area contributed by atoms with Crippen molar-refractivity contribution in [1.29, 1.82) is 0 Å². The summed E-state index contributed by atoms with van der Waals surface area (Å²) in [6, 6.07) is 5.51. The number of ketones is 2. The number of piperazine rings is 1. The quantitative estimate of drug-likeness (QED) is 0.617. The first-order valence-electron chi connectivity index (χ1n) is 8.76. The molecule has 1 aliphatic carbocycles. The van der Waals surface area contributed by atoms with E-state index < -0.39 is 0 Å². The summed E-state index contributed by atoms with van der Waals surface area (Å²) in [4.78, 5) is 28.5. The fraction of sp³-hybridized carbons (Fsp3) is 0.500. The number of benzene rings is 1. The summed E-state index contributed by atoms with van der Waals surface area (Å²) in [5, 5.41) is 0. The molecule has 126 valence electrons. The van der Waals surface area contributed by atoms with E-state index in [0.717, 1.165) is 37.8 Å². The van der Waals surface area contributed by atoms with Gasteiger partial charge in [-0.3, -0.25) is 14.5 Å². The van der Waals surface area contributed by atoms with Gasteiger partial charge in [-0.05, 0) is 55.3 Å². The summed E-state index contributed by atoms with van der Waals surface area (Å²) >= 11 is 0. The van der Waals surface area contributed by atoms with E-state index in [2.05, 4.69) is 35.5 Å². The summed E-state index contributed by atoms with van der Waals surface area (Å²) < 4.78 is 0. The second-order valence-corrected chi connectivity index (χ2v) is 7.00. The smallest absolute Gasteiger partial charge is 0.237 e. The zero-order chi connectivity index (χ0) is 17.1. The van der Waals surface area contributed by atoms with E-state index in [4.69, 9.17) is 0 Å². The van der Waals surface area contributed by atoms with Gasteiger partial charge in [-0.25, -0.2) is 0 Å². The fourth-order valence-corrected chi connectivity index (χ4v) is 3.32. The van der Waals surface area contributed by atoms with Crippen LogP contribution in [0.2, 0.25) is 0 Å². The highest BCUT2D eigenvalue weighted by Crippen LogP contribution is 2.23. The van der Waals surface area contributed by atoms with E-state index >= 15 is 0 Å². The van der Waals surface area contributed by atoms with Crippen LogP contribution in [-0.2, 0) is 0 Å². The zero-order valence-corrected chi connectivity index (χ0v) is 14.5. The fourth-order valence-electron chi connectivity index (χ4n) is 3.32. The number of rotatable bonds is 5. The Morgan fingerprint density at radius 1 is 1.00 bits per heavy atom. The first-order chi connectivity index (χ1) is 11.5. The third kappa shape index (κ3) is 3.68. The minimum atomic E-state index is -0.258. The number of fused-ring (bicyclic) bond motifs is 1. The van der Waals surface area contributed by atoms with Crippen molar-refractivity contribution < 1.29 is 9.59 Å². The molecule has 1 aromatic rings. The van der Waals surface area contributed by atoms with Crippen molar-refractivity contribution in [2.75, 3.05) is 37.6 Å². The molecular weight excluding hydrogens is 300 g/mol. The Hall–Kier alpha value is -2.12. The normalized spacial score (nSPS) is 17.7. The molecular formula is C20H24N2O2. The highest BCUT2D eigenvalue weighted by molar-refractivity contribution is 6.26. The maximum absolute atomic E-state index is 11.9. The monoisotopic (exact) mass is 324 g/mol. The molecule has 1 aromatic carbocycles. The molecule has 1 fully saturated rings. The SMILES string of the molecule is CC(C)CCCN1CCN(c2ccc3c(c2)C(=O)C#CC3=O)CC1. The summed E-state index contributed by atoms with van der Waals surface area (Å²) in [5.41, 5.74) is 1.91. The molecule has 1 saturated heterocycles. The lowest BCUT2D eigenvalue weighted by Gasteiger charge is -2.36. The Labute approximate surface area is 143 Å². The van der Waals surface area contributed by atoms with Gasteiger partial charge in [0.2, 0.25) is 11.6 Å². The molecule has 0 spiro atoms. The van der Waals surface area contributed by atoms with Gasteiger partial charge in [0.15, 0.2) is 0 Å². The second kappa shape index (κ2) is 7.19.